The fourth-order valence-corrected chi connectivity index (χ4v) is 5.83. The number of amides is 2. The number of sulfonamides is 1. The molecule has 224 valence electrons. The van der Waals surface area contributed by atoms with E-state index in [1.807, 2.05) is 44.2 Å². The summed E-state index contributed by atoms with van der Waals surface area (Å²) in [5.74, 6) is 1.39. The number of hydrogen-bond donors (Lipinski definition) is 3. The van der Waals surface area contributed by atoms with Crippen molar-refractivity contribution in [3.05, 3.63) is 66.2 Å². The highest BCUT2D eigenvalue weighted by atomic mass is 32.2. The van der Waals surface area contributed by atoms with Crippen LogP contribution in [0, 0.1) is 18.3 Å². The van der Waals surface area contributed by atoms with E-state index in [9.17, 15) is 23.1 Å². The molecule has 2 atom stereocenters. The molecule has 0 aromatic heterocycles. The van der Waals surface area contributed by atoms with Crippen molar-refractivity contribution in [1.29, 1.82) is 0 Å². The first-order valence-electron chi connectivity index (χ1n) is 13.6. The number of benzene rings is 2. The van der Waals surface area contributed by atoms with Gasteiger partial charge in [0.2, 0.25) is 15.9 Å². The lowest BCUT2D eigenvalue weighted by molar-refractivity contribution is -0.147. The Labute approximate surface area is 244 Å². The Morgan fingerprint density at radius 1 is 1.05 bits per heavy atom. The molecule has 3 N–H and O–H groups in total. The van der Waals surface area contributed by atoms with E-state index < -0.39 is 34.0 Å². The number of ether oxygens (including phenoxy) is 1. The Kier molecular flexibility index (Phi) is 14.5. The quantitative estimate of drug-likeness (QED) is 0.147. The van der Waals surface area contributed by atoms with Crippen molar-refractivity contribution >= 4 is 21.8 Å². The molecule has 0 saturated heterocycles. The molecule has 0 radical (unpaired) electrons. The van der Waals surface area contributed by atoms with E-state index in [2.05, 4.69) is 16.7 Å². The molecule has 1 unspecified atom stereocenters. The normalized spacial score (nSPS) is 13.0. The van der Waals surface area contributed by atoms with Gasteiger partial charge in [-0.2, -0.15) is 4.31 Å². The summed E-state index contributed by atoms with van der Waals surface area (Å²) >= 11 is 0. The molecule has 0 saturated carbocycles. The summed E-state index contributed by atoms with van der Waals surface area (Å²) in [5, 5.41) is 15.7. The highest BCUT2D eigenvalue weighted by molar-refractivity contribution is 7.89. The molecule has 2 rings (SSSR count). The molecule has 0 fully saturated rings. The lowest BCUT2D eigenvalue weighted by atomic mass is 9.99. The molecule has 10 nitrogen and oxygen atoms in total. The molecule has 0 aliphatic rings. The summed E-state index contributed by atoms with van der Waals surface area (Å²) in [4.78, 5) is 26.3. The second-order valence-corrected chi connectivity index (χ2v) is 12.0. The van der Waals surface area contributed by atoms with Crippen LogP contribution in [0.25, 0.3) is 0 Å². The fraction of sp³-hybridized carbons (Fsp3) is 0.467. The SMILES string of the molecule is C#CCCC(=O)N(NC(=O)CNCCOC)C(Cc1ccccc1)[C@H](O)CN(CC(C)C)S(=O)(=O)c1ccccc1. The first-order chi connectivity index (χ1) is 19.6. The largest absolute Gasteiger partial charge is 0.390 e. The zero-order valence-corrected chi connectivity index (χ0v) is 24.8. The molecule has 0 bridgehead atoms. The van der Waals surface area contributed by atoms with Crippen LogP contribution < -0.4 is 10.7 Å². The highest BCUT2D eigenvalue weighted by Gasteiger charge is 2.35. The van der Waals surface area contributed by atoms with Crippen LogP contribution in [0.15, 0.2) is 65.6 Å². The van der Waals surface area contributed by atoms with Gasteiger partial charge in [-0.25, -0.2) is 13.4 Å². The molecule has 0 spiro atoms. The van der Waals surface area contributed by atoms with E-state index >= 15 is 0 Å². The lowest BCUT2D eigenvalue weighted by Crippen LogP contribution is -2.60. The lowest BCUT2D eigenvalue weighted by Gasteiger charge is -2.37. The summed E-state index contributed by atoms with van der Waals surface area (Å²) in [6, 6.07) is 16.2. The van der Waals surface area contributed by atoms with Gasteiger partial charge in [-0.15, -0.1) is 12.3 Å². The van der Waals surface area contributed by atoms with Crippen molar-refractivity contribution in [1.82, 2.24) is 20.1 Å². The van der Waals surface area contributed by atoms with Crippen LogP contribution in [0.4, 0.5) is 0 Å². The smallest absolute Gasteiger partial charge is 0.252 e. The van der Waals surface area contributed by atoms with Gasteiger partial charge in [-0.3, -0.25) is 15.0 Å². The van der Waals surface area contributed by atoms with Gasteiger partial charge >= 0.3 is 0 Å². The number of rotatable bonds is 17. The van der Waals surface area contributed by atoms with Gasteiger partial charge in [0.25, 0.3) is 5.91 Å². The van der Waals surface area contributed by atoms with Gasteiger partial charge in [-0.05, 0) is 30.0 Å². The maximum Gasteiger partial charge on any atom is 0.252 e. The van der Waals surface area contributed by atoms with Crippen molar-refractivity contribution in [2.75, 3.05) is 39.9 Å². The molecule has 2 aromatic carbocycles. The van der Waals surface area contributed by atoms with Crippen LogP contribution in [0.1, 0.15) is 32.3 Å². The van der Waals surface area contributed by atoms with Crippen molar-refractivity contribution in [3.63, 3.8) is 0 Å². The molecular weight excluding hydrogens is 544 g/mol. The maximum atomic E-state index is 13.6. The third kappa shape index (κ3) is 11.3. The number of terminal acetylenes is 1. The van der Waals surface area contributed by atoms with E-state index in [0.29, 0.717) is 13.2 Å². The summed E-state index contributed by atoms with van der Waals surface area (Å²) in [6.45, 7) is 4.34. The number of aliphatic hydroxyl groups excluding tert-OH is 1. The third-order valence-electron chi connectivity index (χ3n) is 6.17. The van der Waals surface area contributed by atoms with Crippen LogP contribution in [-0.2, 0) is 30.8 Å². The number of aliphatic hydroxyl groups is 1. The number of methoxy groups -OCH3 is 1. The maximum absolute atomic E-state index is 13.6. The van der Waals surface area contributed by atoms with Crippen molar-refractivity contribution in [2.24, 2.45) is 5.92 Å². The summed E-state index contributed by atoms with van der Waals surface area (Å²) in [5.41, 5.74) is 3.43. The predicted octanol–water partition coefficient (Wildman–Crippen LogP) is 1.81. The number of carbonyl (C=O) groups excluding carboxylic acids is 2. The molecule has 0 aliphatic carbocycles. The average molecular weight is 587 g/mol. The zero-order chi connectivity index (χ0) is 30.3. The second kappa shape index (κ2) is 17.5. The van der Waals surface area contributed by atoms with E-state index in [-0.39, 0.29) is 49.7 Å². The Hall–Kier alpha value is -3.27. The first-order valence-corrected chi connectivity index (χ1v) is 15.1. The van der Waals surface area contributed by atoms with E-state index in [4.69, 9.17) is 11.2 Å². The Morgan fingerprint density at radius 3 is 2.27 bits per heavy atom. The molecular formula is C30H42N4O6S. The number of nitrogens with zero attached hydrogens (tertiary/aromatic N) is 2. The Morgan fingerprint density at radius 2 is 1.68 bits per heavy atom. The van der Waals surface area contributed by atoms with Gasteiger partial charge in [0.1, 0.15) is 0 Å². The van der Waals surface area contributed by atoms with E-state index in [1.165, 1.54) is 16.4 Å². The minimum atomic E-state index is -3.96. The van der Waals surface area contributed by atoms with Gasteiger partial charge < -0.3 is 15.2 Å². The minimum absolute atomic E-state index is 0.0421. The van der Waals surface area contributed by atoms with Gasteiger partial charge in [0.05, 0.1) is 30.2 Å². The molecule has 2 aromatic rings. The standard InChI is InChI=1S/C30H42N4O6S/c1-5-6-17-30(37)34(32-29(36)21-31-18-19-40-4)27(20-25-13-9-7-10-14-25)28(35)23-33(22-24(2)3)41(38,39)26-15-11-8-12-16-26/h1,7-16,24,27-28,31,35H,6,17-23H2,2-4H3,(H,32,36)/t27?,28-/m1/s1. The number of hydrogen-bond acceptors (Lipinski definition) is 7. The molecule has 0 heterocycles. The van der Waals surface area contributed by atoms with Crippen LogP contribution in [0.2, 0.25) is 0 Å². The van der Waals surface area contributed by atoms with Crippen LogP contribution in [-0.4, -0.2) is 86.7 Å². The predicted molar refractivity (Wildman–Crippen MR) is 158 cm³/mol. The van der Waals surface area contributed by atoms with E-state index in [0.717, 1.165) is 10.6 Å². The number of nitrogens with one attached hydrogen (secondary N) is 2. The highest BCUT2D eigenvalue weighted by Crippen LogP contribution is 2.21. The van der Waals surface area contributed by atoms with Gasteiger partial charge in [-0.1, -0.05) is 62.4 Å². The Balaban J connectivity index is 2.44. The van der Waals surface area contributed by atoms with Crippen LogP contribution in [0.5, 0.6) is 0 Å². The molecule has 0 aliphatic heterocycles. The van der Waals surface area contributed by atoms with Gasteiger partial charge in [0, 0.05) is 39.6 Å². The van der Waals surface area contributed by atoms with Gasteiger partial charge in [0.15, 0.2) is 0 Å². The number of hydrazine groups is 1. The molecule has 2 amide bonds. The summed E-state index contributed by atoms with van der Waals surface area (Å²) in [6.07, 6.45) is 4.26. The van der Waals surface area contributed by atoms with Crippen molar-refractivity contribution in [2.45, 2.75) is 50.2 Å². The zero-order valence-electron chi connectivity index (χ0n) is 24.0. The number of carbonyl (C=O) groups is 2. The topological polar surface area (TPSA) is 128 Å². The van der Waals surface area contributed by atoms with Crippen molar-refractivity contribution in [3.8, 4) is 12.3 Å². The minimum Gasteiger partial charge on any atom is -0.390 e. The Bertz CT molecular complexity index is 1220. The summed E-state index contributed by atoms with van der Waals surface area (Å²) < 4.78 is 33.4. The van der Waals surface area contributed by atoms with Crippen LogP contribution >= 0.6 is 0 Å². The third-order valence-corrected chi connectivity index (χ3v) is 8.02. The van der Waals surface area contributed by atoms with Crippen LogP contribution in [0.3, 0.4) is 0 Å². The monoisotopic (exact) mass is 586 g/mol. The van der Waals surface area contributed by atoms with Crippen molar-refractivity contribution < 1.29 is 27.9 Å². The fourth-order valence-electron chi connectivity index (χ4n) is 4.18. The first kappa shape index (κ1) is 33.9. The summed E-state index contributed by atoms with van der Waals surface area (Å²) in [7, 11) is -2.42. The second-order valence-electron chi connectivity index (χ2n) is 10.0. The molecule has 11 heteroatoms. The van der Waals surface area contributed by atoms with E-state index in [1.54, 1.807) is 25.3 Å². The molecule has 41 heavy (non-hydrogen) atoms. The average Bonchev–Trinajstić information content (AvgIpc) is 2.96.